The van der Waals surface area contributed by atoms with Crippen molar-refractivity contribution in [2.24, 2.45) is 0 Å². The Morgan fingerprint density at radius 1 is 1.30 bits per heavy atom. The summed E-state index contributed by atoms with van der Waals surface area (Å²) in [5.41, 5.74) is 1.26. The fourth-order valence-electron chi connectivity index (χ4n) is 2.65. The molecule has 1 aromatic heterocycles. The van der Waals surface area contributed by atoms with Gasteiger partial charge in [0.15, 0.2) is 0 Å². The minimum absolute atomic E-state index is 0.0996. The van der Waals surface area contributed by atoms with Crippen LogP contribution in [0.2, 0.25) is 0 Å². The number of pyridine rings is 1. The number of hydrogen-bond donors (Lipinski definition) is 2. The van der Waals surface area contributed by atoms with Gasteiger partial charge in [0.05, 0.1) is 19.3 Å². The van der Waals surface area contributed by atoms with Crippen molar-refractivity contribution < 1.29 is 24.2 Å². The molecule has 2 N–H and O–H groups in total. The Balaban J connectivity index is 1.45. The standard InChI is InChI=1S/C19H21N3O5/c23-16-5-3-15(4-6-16)18(24)21-11-17-12-22(8-9-26-17)19(25)27-13-14-2-1-7-20-10-14/h1-7,10,17,23H,8-9,11-13H2,(H,21,24)/t17-/m1/s1. The van der Waals surface area contributed by atoms with Crippen molar-refractivity contribution >= 4 is 12.0 Å². The lowest BCUT2D eigenvalue weighted by Gasteiger charge is -2.32. The summed E-state index contributed by atoms with van der Waals surface area (Å²) in [6.07, 6.45) is 2.57. The van der Waals surface area contributed by atoms with Gasteiger partial charge in [-0.15, -0.1) is 0 Å². The minimum atomic E-state index is -0.419. The SMILES string of the molecule is O=C(NC[C@@H]1CN(C(=O)OCc2cccnc2)CCO1)c1ccc(O)cc1. The molecule has 0 unspecified atom stereocenters. The van der Waals surface area contributed by atoms with Crippen LogP contribution in [0.25, 0.3) is 0 Å². The highest BCUT2D eigenvalue weighted by Crippen LogP contribution is 2.11. The first kappa shape index (κ1) is 18.7. The Hall–Kier alpha value is -3.13. The number of nitrogens with zero attached hydrogens (tertiary/aromatic N) is 2. The number of aromatic hydroxyl groups is 1. The second kappa shape index (κ2) is 9.00. The van der Waals surface area contributed by atoms with E-state index in [0.29, 0.717) is 25.3 Å². The zero-order valence-corrected chi connectivity index (χ0v) is 14.7. The number of carbonyl (C=O) groups is 2. The van der Waals surface area contributed by atoms with Gasteiger partial charge in [0.2, 0.25) is 0 Å². The highest BCUT2D eigenvalue weighted by molar-refractivity contribution is 5.94. The molecule has 0 aliphatic carbocycles. The second-order valence-electron chi connectivity index (χ2n) is 6.11. The zero-order chi connectivity index (χ0) is 19.1. The van der Waals surface area contributed by atoms with E-state index < -0.39 is 6.09 Å². The quantitative estimate of drug-likeness (QED) is 0.827. The molecule has 27 heavy (non-hydrogen) atoms. The van der Waals surface area contributed by atoms with Gasteiger partial charge in [-0.2, -0.15) is 0 Å². The number of phenolic OH excluding ortho intramolecular Hbond substituents is 1. The van der Waals surface area contributed by atoms with E-state index in [1.165, 1.54) is 24.3 Å². The molecule has 0 spiro atoms. The van der Waals surface area contributed by atoms with Crippen LogP contribution in [0.3, 0.4) is 0 Å². The molecule has 1 fully saturated rings. The number of nitrogens with one attached hydrogen (secondary N) is 1. The van der Waals surface area contributed by atoms with E-state index >= 15 is 0 Å². The molecule has 1 aliphatic rings. The normalized spacial score (nSPS) is 16.6. The van der Waals surface area contributed by atoms with E-state index in [-0.39, 0.29) is 30.9 Å². The average Bonchev–Trinajstić information content (AvgIpc) is 2.71. The van der Waals surface area contributed by atoms with Crippen LogP contribution in [-0.4, -0.2) is 59.3 Å². The highest BCUT2D eigenvalue weighted by Gasteiger charge is 2.25. The minimum Gasteiger partial charge on any atom is -0.508 e. The molecular formula is C19H21N3O5. The second-order valence-corrected chi connectivity index (χ2v) is 6.11. The molecule has 1 saturated heterocycles. The molecule has 0 bridgehead atoms. The maximum Gasteiger partial charge on any atom is 0.410 e. The molecule has 2 heterocycles. The number of benzene rings is 1. The monoisotopic (exact) mass is 371 g/mol. The summed E-state index contributed by atoms with van der Waals surface area (Å²) in [5.74, 6) is -0.169. The predicted molar refractivity (Wildman–Crippen MR) is 96.2 cm³/mol. The molecule has 2 amide bonds. The average molecular weight is 371 g/mol. The van der Waals surface area contributed by atoms with Crippen LogP contribution < -0.4 is 5.32 Å². The molecule has 2 aromatic rings. The van der Waals surface area contributed by atoms with E-state index in [1.807, 2.05) is 6.07 Å². The number of ether oxygens (including phenoxy) is 2. The first-order chi connectivity index (χ1) is 13.1. The Labute approximate surface area is 156 Å². The number of carbonyl (C=O) groups excluding carboxylic acids is 2. The third-order valence-corrected chi connectivity index (χ3v) is 4.10. The number of amides is 2. The largest absolute Gasteiger partial charge is 0.508 e. The van der Waals surface area contributed by atoms with Gasteiger partial charge >= 0.3 is 6.09 Å². The molecule has 8 heteroatoms. The van der Waals surface area contributed by atoms with Crippen LogP contribution in [0.5, 0.6) is 5.75 Å². The number of rotatable bonds is 5. The van der Waals surface area contributed by atoms with E-state index in [0.717, 1.165) is 5.56 Å². The lowest BCUT2D eigenvalue weighted by atomic mass is 10.2. The lowest BCUT2D eigenvalue weighted by Crippen LogP contribution is -2.49. The molecule has 3 rings (SSSR count). The third kappa shape index (κ3) is 5.42. The Morgan fingerprint density at radius 2 is 2.11 bits per heavy atom. The van der Waals surface area contributed by atoms with Crippen LogP contribution in [0.1, 0.15) is 15.9 Å². The van der Waals surface area contributed by atoms with Crippen LogP contribution in [-0.2, 0) is 16.1 Å². The first-order valence-electron chi connectivity index (χ1n) is 8.61. The van der Waals surface area contributed by atoms with Crippen LogP contribution in [0.15, 0.2) is 48.8 Å². The van der Waals surface area contributed by atoms with Crippen molar-refractivity contribution in [3.8, 4) is 5.75 Å². The summed E-state index contributed by atoms with van der Waals surface area (Å²) in [4.78, 5) is 29.9. The van der Waals surface area contributed by atoms with Crippen molar-refractivity contribution in [3.05, 3.63) is 59.9 Å². The third-order valence-electron chi connectivity index (χ3n) is 4.10. The van der Waals surface area contributed by atoms with Crippen molar-refractivity contribution in [1.29, 1.82) is 0 Å². The molecule has 1 atom stereocenters. The fourth-order valence-corrected chi connectivity index (χ4v) is 2.65. The van der Waals surface area contributed by atoms with Gasteiger partial charge in [-0.3, -0.25) is 9.78 Å². The van der Waals surface area contributed by atoms with E-state index in [2.05, 4.69) is 10.3 Å². The van der Waals surface area contributed by atoms with Crippen molar-refractivity contribution in [1.82, 2.24) is 15.2 Å². The van der Waals surface area contributed by atoms with Gasteiger partial charge in [-0.1, -0.05) is 6.07 Å². The van der Waals surface area contributed by atoms with E-state index in [9.17, 15) is 14.7 Å². The first-order valence-corrected chi connectivity index (χ1v) is 8.61. The van der Waals surface area contributed by atoms with Crippen LogP contribution >= 0.6 is 0 Å². The van der Waals surface area contributed by atoms with Crippen molar-refractivity contribution in [2.75, 3.05) is 26.2 Å². The Kier molecular flexibility index (Phi) is 6.22. The fraction of sp³-hybridized carbons (Fsp3) is 0.316. The van der Waals surface area contributed by atoms with E-state index in [1.54, 1.807) is 23.4 Å². The van der Waals surface area contributed by atoms with Gasteiger partial charge in [0.1, 0.15) is 12.4 Å². The number of aromatic nitrogens is 1. The number of hydrogen-bond acceptors (Lipinski definition) is 6. The molecule has 0 saturated carbocycles. The molecule has 1 aliphatic heterocycles. The molecule has 142 valence electrons. The Bertz CT molecular complexity index is 767. The maximum absolute atomic E-state index is 12.2. The van der Waals surface area contributed by atoms with Crippen LogP contribution in [0.4, 0.5) is 4.79 Å². The van der Waals surface area contributed by atoms with Crippen molar-refractivity contribution in [3.63, 3.8) is 0 Å². The van der Waals surface area contributed by atoms with Crippen LogP contribution in [0, 0.1) is 0 Å². The number of phenols is 1. The highest BCUT2D eigenvalue weighted by atomic mass is 16.6. The molecule has 0 radical (unpaired) electrons. The topological polar surface area (TPSA) is 101 Å². The summed E-state index contributed by atoms with van der Waals surface area (Å²) >= 11 is 0. The van der Waals surface area contributed by atoms with Gasteiger partial charge < -0.3 is 24.8 Å². The van der Waals surface area contributed by atoms with Gasteiger partial charge in [0.25, 0.3) is 5.91 Å². The Morgan fingerprint density at radius 3 is 2.85 bits per heavy atom. The number of morpholine rings is 1. The van der Waals surface area contributed by atoms with Gasteiger partial charge in [0, 0.05) is 36.6 Å². The predicted octanol–water partition coefficient (Wildman–Crippen LogP) is 1.55. The maximum atomic E-state index is 12.2. The molecule has 8 nitrogen and oxygen atoms in total. The summed E-state index contributed by atoms with van der Waals surface area (Å²) in [7, 11) is 0. The summed E-state index contributed by atoms with van der Waals surface area (Å²) in [5, 5.41) is 12.0. The summed E-state index contributed by atoms with van der Waals surface area (Å²) in [6, 6.07) is 9.59. The molecular weight excluding hydrogens is 350 g/mol. The molecule has 1 aromatic carbocycles. The van der Waals surface area contributed by atoms with Gasteiger partial charge in [-0.25, -0.2) is 4.79 Å². The van der Waals surface area contributed by atoms with Crippen molar-refractivity contribution in [2.45, 2.75) is 12.7 Å². The van der Waals surface area contributed by atoms with E-state index in [4.69, 9.17) is 9.47 Å². The lowest BCUT2D eigenvalue weighted by molar-refractivity contribution is -0.0264. The smallest absolute Gasteiger partial charge is 0.410 e. The summed E-state index contributed by atoms with van der Waals surface area (Å²) < 4.78 is 10.9. The van der Waals surface area contributed by atoms with Gasteiger partial charge in [-0.05, 0) is 30.3 Å². The summed E-state index contributed by atoms with van der Waals surface area (Å²) in [6.45, 7) is 1.58. The zero-order valence-electron chi connectivity index (χ0n) is 14.7.